The smallest absolute Gasteiger partial charge is 0.266 e. The Morgan fingerprint density at radius 2 is 1.70 bits per heavy atom. The second-order valence-corrected chi connectivity index (χ2v) is 9.03. The molecule has 2 aliphatic heterocycles. The quantitative estimate of drug-likeness (QED) is 0.835. The number of hydrogen-bond donors (Lipinski definition) is 2. The average molecular weight is 373 g/mol. The Morgan fingerprint density at radius 3 is 2.30 bits per heavy atom. The number of rotatable bonds is 2. The molecule has 0 aromatic heterocycles. The molecular weight excluding hydrogens is 342 g/mol. The second-order valence-electron chi connectivity index (χ2n) is 9.03. The van der Waals surface area contributed by atoms with Crippen molar-refractivity contribution in [2.24, 2.45) is 5.92 Å². The fraction of sp³-hybridized carbons (Fsp3) is 0.682. The fourth-order valence-electron chi connectivity index (χ4n) is 4.89. The van der Waals surface area contributed by atoms with Gasteiger partial charge in [-0.05, 0) is 82.4 Å². The van der Waals surface area contributed by atoms with Crippen molar-refractivity contribution in [3.8, 4) is 11.5 Å². The Hall–Kier alpha value is -1.75. The maximum Gasteiger partial charge on any atom is 0.266 e. The summed E-state index contributed by atoms with van der Waals surface area (Å²) in [7, 11) is 0. The topological polar surface area (TPSA) is 70.0 Å². The number of amides is 1. The van der Waals surface area contributed by atoms with E-state index in [1.807, 2.05) is 32.6 Å². The predicted octanol–water partition coefficient (Wildman–Crippen LogP) is 3.16. The van der Waals surface area contributed by atoms with Gasteiger partial charge in [-0.3, -0.25) is 4.79 Å². The first kappa shape index (κ1) is 18.6. The van der Waals surface area contributed by atoms with Gasteiger partial charge in [0, 0.05) is 25.1 Å². The summed E-state index contributed by atoms with van der Waals surface area (Å²) in [6.07, 6.45) is 4.92. The third-order valence-corrected chi connectivity index (χ3v) is 7.28. The highest BCUT2D eigenvalue weighted by atomic mass is 16.5. The van der Waals surface area contributed by atoms with E-state index in [0.717, 1.165) is 60.1 Å². The van der Waals surface area contributed by atoms with Crippen molar-refractivity contribution in [2.75, 3.05) is 13.1 Å². The highest BCUT2D eigenvalue weighted by Gasteiger charge is 2.50. The number of likely N-dealkylation sites (tertiary alicyclic amines) is 1. The third kappa shape index (κ3) is 2.91. The number of fused-ring (bicyclic) bond motifs is 1. The SMILES string of the molecule is Cc1c(C)c2c(c(C)c1O)CCC(C)(C(=O)N1CCC(C3(O)CC3)CC1)O2. The standard InChI is InChI=1S/C22H31NO4/c1-13-14(2)19-17(15(3)18(13)24)5-8-21(4,27-19)20(25)23-11-6-16(7-12-23)22(26)9-10-22/h16,24,26H,5-12H2,1-4H3. The summed E-state index contributed by atoms with van der Waals surface area (Å²) >= 11 is 0. The van der Waals surface area contributed by atoms with E-state index in [2.05, 4.69) is 0 Å². The van der Waals surface area contributed by atoms with Crippen molar-refractivity contribution in [1.82, 2.24) is 4.90 Å². The van der Waals surface area contributed by atoms with Crippen LogP contribution in [0.15, 0.2) is 0 Å². The molecule has 1 aromatic carbocycles. The molecule has 3 aliphatic rings. The first-order valence-electron chi connectivity index (χ1n) is 10.2. The molecule has 2 N–H and O–H groups in total. The Bertz CT molecular complexity index is 790. The van der Waals surface area contributed by atoms with Gasteiger partial charge in [0.1, 0.15) is 11.5 Å². The van der Waals surface area contributed by atoms with E-state index in [1.165, 1.54) is 0 Å². The monoisotopic (exact) mass is 373 g/mol. The molecule has 2 heterocycles. The van der Waals surface area contributed by atoms with Gasteiger partial charge in [-0.25, -0.2) is 0 Å². The molecule has 2 fully saturated rings. The third-order valence-electron chi connectivity index (χ3n) is 7.28. The van der Waals surface area contributed by atoms with E-state index in [9.17, 15) is 15.0 Å². The molecule has 0 radical (unpaired) electrons. The lowest BCUT2D eigenvalue weighted by molar-refractivity contribution is -0.150. The van der Waals surface area contributed by atoms with E-state index in [4.69, 9.17) is 4.74 Å². The summed E-state index contributed by atoms with van der Waals surface area (Å²) in [5.74, 6) is 1.49. The fourth-order valence-corrected chi connectivity index (χ4v) is 4.89. The lowest BCUT2D eigenvalue weighted by Gasteiger charge is -2.42. The highest BCUT2D eigenvalue weighted by Crippen LogP contribution is 2.47. The maximum absolute atomic E-state index is 13.3. The van der Waals surface area contributed by atoms with Crippen LogP contribution in [0.5, 0.6) is 11.5 Å². The number of carbonyl (C=O) groups excluding carboxylic acids is 1. The van der Waals surface area contributed by atoms with Crippen molar-refractivity contribution in [2.45, 2.75) is 77.4 Å². The summed E-state index contributed by atoms with van der Waals surface area (Å²) in [4.78, 5) is 15.2. The number of piperidine rings is 1. The molecule has 1 aliphatic carbocycles. The Balaban J connectivity index is 1.52. The number of phenolic OH excluding ortho intramolecular Hbond substituents is 1. The lowest BCUT2D eigenvalue weighted by atomic mass is 9.85. The molecule has 1 atom stereocenters. The minimum atomic E-state index is -0.864. The van der Waals surface area contributed by atoms with Crippen molar-refractivity contribution in [3.63, 3.8) is 0 Å². The summed E-state index contributed by atoms with van der Waals surface area (Å²) in [6, 6.07) is 0. The zero-order valence-corrected chi connectivity index (χ0v) is 16.9. The molecule has 27 heavy (non-hydrogen) atoms. The van der Waals surface area contributed by atoms with Gasteiger partial charge in [0.25, 0.3) is 5.91 Å². The normalized spacial score (nSPS) is 27.1. The van der Waals surface area contributed by atoms with Crippen LogP contribution in [0.25, 0.3) is 0 Å². The van der Waals surface area contributed by atoms with Crippen LogP contribution in [0.1, 0.15) is 61.3 Å². The Morgan fingerprint density at radius 1 is 1.07 bits per heavy atom. The number of ether oxygens (including phenoxy) is 1. The molecule has 5 heteroatoms. The number of carbonyl (C=O) groups is 1. The van der Waals surface area contributed by atoms with E-state index in [1.54, 1.807) is 0 Å². The molecule has 1 saturated heterocycles. The second kappa shape index (κ2) is 6.13. The summed E-state index contributed by atoms with van der Waals surface area (Å²) in [6.45, 7) is 9.06. The Kier molecular flexibility index (Phi) is 4.22. The zero-order chi connectivity index (χ0) is 19.6. The number of aromatic hydroxyl groups is 1. The number of hydrogen-bond acceptors (Lipinski definition) is 4. The number of phenols is 1. The predicted molar refractivity (Wildman–Crippen MR) is 103 cm³/mol. The summed E-state index contributed by atoms with van der Waals surface area (Å²) in [5.41, 5.74) is 2.31. The Labute approximate surface area is 161 Å². The number of nitrogens with zero attached hydrogens (tertiary/aromatic N) is 1. The summed E-state index contributed by atoms with van der Waals surface area (Å²) in [5, 5.41) is 20.7. The van der Waals surface area contributed by atoms with E-state index in [-0.39, 0.29) is 5.91 Å². The van der Waals surface area contributed by atoms with E-state index in [0.29, 0.717) is 31.2 Å². The summed E-state index contributed by atoms with van der Waals surface area (Å²) < 4.78 is 6.34. The van der Waals surface area contributed by atoms with Crippen LogP contribution >= 0.6 is 0 Å². The minimum absolute atomic E-state index is 0.0529. The molecule has 5 nitrogen and oxygen atoms in total. The van der Waals surface area contributed by atoms with Crippen LogP contribution in [-0.2, 0) is 11.2 Å². The van der Waals surface area contributed by atoms with Gasteiger partial charge in [-0.1, -0.05) is 0 Å². The lowest BCUT2D eigenvalue weighted by Crippen LogP contribution is -2.55. The van der Waals surface area contributed by atoms with Gasteiger partial charge in [-0.2, -0.15) is 0 Å². The highest BCUT2D eigenvalue weighted by molar-refractivity contribution is 5.86. The molecule has 0 bridgehead atoms. The van der Waals surface area contributed by atoms with E-state index >= 15 is 0 Å². The van der Waals surface area contributed by atoms with Crippen LogP contribution in [-0.4, -0.2) is 45.3 Å². The molecule has 0 spiro atoms. The average Bonchev–Trinajstić information content (AvgIpc) is 3.43. The largest absolute Gasteiger partial charge is 0.507 e. The van der Waals surface area contributed by atoms with Crippen LogP contribution < -0.4 is 4.74 Å². The van der Waals surface area contributed by atoms with Crippen molar-refractivity contribution >= 4 is 5.91 Å². The molecular formula is C22H31NO4. The number of benzene rings is 1. The molecule has 1 saturated carbocycles. The van der Waals surface area contributed by atoms with Gasteiger partial charge in [0.15, 0.2) is 5.60 Å². The molecule has 1 unspecified atom stereocenters. The van der Waals surface area contributed by atoms with Crippen molar-refractivity contribution in [1.29, 1.82) is 0 Å². The van der Waals surface area contributed by atoms with Gasteiger partial charge in [-0.15, -0.1) is 0 Å². The van der Waals surface area contributed by atoms with Gasteiger partial charge < -0.3 is 19.8 Å². The first-order chi connectivity index (χ1) is 12.7. The van der Waals surface area contributed by atoms with Gasteiger partial charge >= 0.3 is 0 Å². The van der Waals surface area contributed by atoms with Gasteiger partial charge in [0.2, 0.25) is 0 Å². The molecule has 1 aromatic rings. The van der Waals surface area contributed by atoms with Crippen LogP contribution in [0.4, 0.5) is 0 Å². The minimum Gasteiger partial charge on any atom is -0.507 e. The van der Waals surface area contributed by atoms with Crippen LogP contribution in [0, 0.1) is 26.7 Å². The van der Waals surface area contributed by atoms with Gasteiger partial charge in [0.05, 0.1) is 5.60 Å². The molecule has 148 valence electrons. The van der Waals surface area contributed by atoms with Crippen molar-refractivity contribution in [3.05, 3.63) is 22.3 Å². The zero-order valence-electron chi connectivity index (χ0n) is 16.9. The van der Waals surface area contributed by atoms with E-state index < -0.39 is 11.2 Å². The maximum atomic E-state index is 13.3. The van der Waals surface area contributed by atoms with Crippen molar-refractivity contribution < 1.29 is 19.7 Å². The first-order valence-corrected chi connectivity index (χ1v) is 10.2. The van der Waals surface area contributed by atoms with Crippen LogP contribution in [0.2, 0.25) is 0 Å². The molecule has 1 amide bonds. The molecule has 4 rings (SSSR count). The number of aliphatic hydroxyl groups is 1. The van der Waals surface area contributed by atoms with Crippen LogP contribution in [0.3, 0.4) is 0 Å².